The summed E-state index contributed by atoms with van der Waals surface area (Å²) >= 11 is 0. The average molecular weight is 178 g/mol. The summed E-state index contributed by atoms with van der Waals surface area (Å²) in [6.07, 6.45) is 3.85. The van der Waals surface area contributed by atoms with Gasteiger partial charge in [0.2, 0.25) is 0 Å². The van der Waals surface area contributed by atoms with Crippen molar-refractivity contribution in [2.75, 3.05) is 0 Å². The predicted octanol–water partition coefficient (Wildman–Crippen LogP) is 2.50. The molecule has 0 aromatic carbocycles. The molecular weight excluding hydrogens is 160 g/mol. The van der Waals surface area contributed by atoms with Gasteiger partial charge in [-0.25, -0.2) is 0 Å². The first-order valence-electron chi connectivity index (χ1n) is 5.72. The second kappa shape index (κ2) is 2.37. The molecule has 6 atom stereocenters. The Morgan fingerprint density at radius 2 is 1.38 bits per heavy atom. The average Bonchev–Trinajstić information content (AvgIpc) is 2.10. The lowest BCUT2D eigenvalue weighted by molar-refractivity contribution is -0.152. The summed E-state index contributed by atoms with van der Waals surface area (Å²) in [7, 11) is 0. The maximum absolute atomic E-state index is 12.0. The van der Waals surface area contributed by atoms with Crippen LogP contribution in [0.3, 0.4) is 0 Å². The van der Waals surface area contributed by atoms with Gasteiger partial charge >= 0.3 is 0 Å². The van der Waals surface area contributed by atoms with Gasteiger partial charge in [0.15, 0.2) is 0 Å². The lowest BCUT2D eigenvalue weighted by Gasteiger charge is -2.55. The molecule has 0 aromatic heterocycles. The number of carbonyl (C=O) groups excluding carboxylic acids is 1. The van der Waals surface area contributed by atoms with Gasteiger partial charge in [-0.3, -0.25) is 4.79 Å². The normalized spacial score (nSPS) is 58.8. The molecule has 1 nitrogen and oxygen atoms in total. The molecule has 4 aliphatic rings. The molecule has 0 radical (unpaired) electrons. The molecule has 0 saturated heterocycles. The summed E-state index contributed by atoms with van der Waals surface area (Å²) in [5.74, 6) is 4.72. The first-order chi connectivity index (χ1) is 6.18. The van der Waals surface area contributed by atoms with Crippen molar-refractivity contribution in [1.29, 1.82) is 0 Å². The molecular formula is C12H18O. The number of hydrogen-bond acceptors (Lipinski definition) is 1. The molecule has 0 heterocycles. The second-order valence-electron chi connectivity index (χ2n) is 5.56. The fraction of sp³-hybridized carbons (Fsp3) is 0.917. The van der Waals surface area contributed by atoms with E-state index in [0.29, 0.717) is 29.5 Å². The third-order valence-corrected chi connectivity index (χ3v) is 5.21. The van der Waals surface area contributed by atoms with Gasteiger partial charge < -0.3 is 0 Å². The number of Topliss-reactive ketones (excluding diaryl/α,β-unsaturated/α-hetero) is 1. The lowest BCUT2D eigenvalue weighted by Crippen LogP contribution is -2.54. The zero-order chi connectivity index (χ0) is 9.16. The fourth-order valence-electron chi connectivity index (χ4n) is 4.20. The highest BCUT2D eigenvalue weighted by Gasteiger charge is 2.54. The van der Waals surface area contributed by atoms with Gasteiger partial charge in [0.1, 0.15) is 5.78 Å². The van der Waals surface area contributed by atoms with Crippen molar-refractivity contribution in [2.45, 2.75) is 33.1 Å². The van der Waals surface area contributed by atoms with Crippen LogP contribution in [-0.2, 0) is 4.79 Å². The molecule has 6 unspecified atom stereocenters. The summed E-state index contributed by atoms with van der Waals surface area (Å²) in [5.41, 5.74) is 0. The van der Waals surface area contributed by atoms with Crippen molar-refractivity contribution in [1.82, 2.24) is 0 Å². The van der Waals surface area contributed by atoms with E-state index in [1.165, 1.54) is 19.3 Å². The molecule has 0 N–H and O–H groups in total. The first kappa shape index (κ1) is 8.02. The van der Waals surface area contributed by atoms with E-state index >= 15 is 0 Å². The van der Waals surface area contributed by atoms with Gasteiger partial charge in [0.25, 0.3) is 0 Å². The SMILES string of the molecule is CC1C2CC3CC1C(=O)C(C2)C3C. The molecule has 0 aliphatic heterocycles. The van der Waals surface area contributed by atoms with E-state index in [2.05, 4.69) is 13.8 Å². The van der Waals surface area contributed by atoms with E-state index < -0.39 is 0 Å². The molecule has 4 rings (SSSR count). The Hall–Kier alpha value is -0.330. The van der Waals surface area contributed by atoms with Crippen LogP contribution in [0.4, 0.5) is 0 Å². The standard InChI is InChI=1S/C12H18O/c1-6-8-3-9-5-10(6)12(13)11(4-8)7(9)2/h6-11H,3-5H2,1-2H3. The molecule has 13 heavy (non-hydrogen) atoms. The minimum atomic E-state index is 0.457. The smallest absolute Gasteiger partial charge is 0.139 e. The minimum absolute atomic E-state index is 0.457. The van der Waals surface area contributed by atoms with Crippen LogP contribution in [0, 0.1) is 35.5 Å². The van der Waals surface area contributed by atoms with Gasteiger partial charge in [-0.15, -0.1) is 0 Å². The van der Waals surface area contributed by atoms with Crippen molar-refractivity contribution in [3.05, 3.63) is 0 Å². The van der Waals surface area contributed by atoms with Crippen LogP contribution < -0.4 is 0 Å². The summed E-state index contributed by atoms with van der Waals surface area (Å²) in [4.78, 5) is 12.0. The maximum atomic E-state index is 12.0. The van der Waals surface area contributed by atoms with E-state index in [9.17, 15) is 4.79 Å². The van der Waals surface area contributed by atoms with Crippen LogP contribution in [0.15, 0.2) is 0 Å². The van der Waals surface area contributed by atoms with Crippen LogP contribution in [-0.4, -0.2) is 5.78 Å². The molecule has 4 fully saturated rings. The summed E-state index contributed by atoms with van der Waals surface area (Å²) in [6.45, 7) is 4.60. The van der Waals surface area contributed by atoms with E-state index in [-0.39, 0.29) is 0 Å². The molecule has 0 aromatic rings. The molecule has 4 saturated carbocycles. The summed E-state index contributed by atoms with van der Waals surface area (Å²) in [5, 5.41) is 0. The highest BCUT2D eigenvalue weighted by molar-refractivity contribution is 5.86. The van der Waals surface area contributed by atoms with Gasteiger partial charge in [0, 0.05) is 11.8 Å². The maximum Gasteiger partial charge on any atom is 0.139 e. The number of hydrogen-bond donors (Lipinski definition) is 0. The Kier molecular flexibility index (Phi) is 1.46. The molecule has 72 valence electrons. The fourth-order valence-corrected chi connectivity index (χ4v) is 4.20. The largest absolute Gasteiger partial charge is 0.299 e. The van der Waals surface area contributed by atoms with Crippen molar-refractivity contribution in [3.8, 4) is 0 Å². The van der Waals surface area contributed by atoms with Crippen LogP contribution in [0.25, 0.3) is 0 Å². The monoisotopic (exact) mass is 178 g/mol. The van der Waals surface area contributed by atoms with E-state index in [0.717, 1.165) is 11.8 Å². The van der Waals surface area contributed by atoms with Crippen molar-refractivity contribution in [3.63, 3.8) is 0 Å². The van der Waals surface area contributed by atoms with Crippen LogP contribution in [0.2, 0.25) is 0 Å². The molecule has 4 aliphatic carbocycles. The molecule has 1 heteroatoms. The van der Waals surface area contributed by atoms with Crippen LogP contribution in [0.1, 0.15) is 33.1 Å². The Bertz CT molecular complexity index is 234. The Morgan fingerprint density at radius 1 is 0.923 bits per heavy atom. The highest BCUT2D eigenvalue weighted by Crippen LogP contribution is 2.56. The minimum Gasteiger partial charge on any atom is -0.299 e. The van der Waals surface area contributed by atoms with E-state index in [4.69, 9.17) is 0 Å². The number of ketones is 1. The third-order valence-electron chi connectivity index (χ3n) is 5.21. The van der Waals surface area contributed by atoms with Gasteiger partial charge in [0.05, 0.1) is 0 Å². The molecule has 4 bridgehead atoms. The number of rotatable bonds is 0. The summed E-state index contributed by atoms with van der Waals surface area (Å²) in [6, 6.07) is 0. The summed E-state index contributed by atoms with van der Waals surface area (Å²) < 4.78 is 0. The van der Waals surface area contributed by atoms with Crippen molar-refractivity contribution >= 4 is 5.78 Å². The Morgan fingerprint density at radius 3 is 1.85 bits per heavy atom. The topological polar surface area (TPSA) is 17.1 Å². The lowest BCUT2D eigenvalue weighted by atomic mass is 9.48. The van der Waals surface area contributed by atoms with Crippen LogP contribution >= 0.6 is 0 Å². The second-order valence-corrected chi connectivity index (χ2v) is 5.56. The van der Waals surface area contributed by atoms with E-state index in [1.807, 2.05) is 0 Å². The predicted molar refractivity (Wildman–Crippen MR) is 51.1 cm³/mol. The van der Waals surface area contributed by atoms with Gasteiger partial charge in [-0.05, 0) is 42.9 Å². The molecule has 0 spiro atoms. The van der Waals surface area contributed by atoms with Gasteiger partial charge in [-0.2, -0.15) is 0 Å². The first-order valence-corrected chi connectivity index (χ1v) is 5.72. The quantitative estimate of drug-likeness (QED) is 0.557. The van der Waals surface area contributed by atoms with Crippen molar-refractivity contribution in [2.24, 2.45) is 35.5 Å². The van der Waals surface area contributed by atoms with Crippen molar-refractivity contribution < 1.29 is 4.79 Å². The highest BCUT2D eigenvalue weighted by atomic mass is 16.1. The zero-order valence-electron chi connectivity index (χ0n) is 8.49. The molecule has 0 amide bonds. The Balaban J connectivity index is 1.99. The number of carbonyl (C=O) groups is 1. The van der Waals surface area contributed by atoms with E-state index in [1.54, 1.807) is 0 Å². The van der Waals surface area contributed by atoms with Crippen LogP contribution in [0.5, 0.6) is 0 Å². The zero-order valence-corrected chi connectivity index (χ0v) is 8.49. The van der Waals surface area contributed by atoms with Gasteiger partial charge in [-0.1, -0.05) is 13.8 Å². The Labute approximate surface area is 79.9 Å². The third kappa shape index (κ3) is 0.858.